The molecule has 0 saturated carbocycles. The maximum atomic E-state index is 11.6. The Balaban J connectivity index is 1.87. The molecule has 2 rings (SSSR count). The third-order valence-electron chi connectivity index (χ3n) is 2.70. The minimum Gasteiger partial charge on any atom is -0.379 e. The van der Waals surface area contributed by atoms with Gasteiger partial charge in [-0.05, 0) is 0 Å². The fourth-order valence-corrected chi connectivity index (χ4v) is 1.73. The fourth-order valence-electron chi connectivity index (χ4n) is 1.73. The third kappa shape index (κ3) is 4.04. The van der Waals surface area contributed by atoms with Crippen LogP contribution in [0.1, 0.15) is 16.2 Å². The molecular formula is C11H16N4O4. The van der Waals surface area contributed by atoms with E-state index in [1.165, 1.54) is 0 Å². The predicted molar refractivity (Wildman–Crippen MR) is 64.1 cm³/mol. The molecule has 0 spiro atoms. The summed E-state index contributed by atoms with van der Waals surface area (Å²) in [6, 6.07) is 1.56. The quantitative estimate of drug-likeness (QED) is 0.688. The number of morpholine rings is 1. The van der Waals surface area contributed by atoms with Gasteiger partial charge in [0.05, 0.1) is 26.3 Å². The molecule has 0 aromatic carbocycles. The highest BCUT2D eigenvalue weighted by molar-refractivity contribution is 5.94. The summed E-state index contributed by atoms with van der Waals surface area (Å²) in [7, 11) is 0. The lowest BCUT2D eigenvalue weighted by Gasteiger charge is -2.25. The second-order valence-electron chi connectivity index (χ2n) is 4.22. The molecule has 0 bridgehead atoms. The van der Waals surface area contributed by atoms with Gasteiger partial charge in [-0.15, -0.1) is 0 Å². The van der Waals surface area contributed by atoms with Gasteiger partial charge in [-0.3, -0.25) is 14.5 Å². The molecule has 8 heteroatoms. The number of carbonyl (C=O) groups is 2. The van der Waals surface area contributed by atoms with Crippen LogP contribution < -0.4 is 11.1 Å². The maximum Gasteiger partial charge on any atom is 0.273 e. The Morgan fingerprint density at radius 2 is 2.16 bits per heavy atom. The molecule has 1 aliphatic rings. The highest BCUT2D eigenvalue weighted by Gasteiger charge is 2.16. The van der Waals surface area contributed by atoms with Crippen LogP contribution in [0.25, 0.3) is 0 Å². The van der Waals surface area contributed by atoms with Crippen molar-refractivity contribution in [2.45, 2.75) is 6.54 Å². The Morgan fingerprint density at radius 1 is 1.42 bits per heavy atom. The SMILES string of the molecule is NC(=O)CNC(=O)c1cc(CN2CCOCC2)on1. The number of rotatable bonds is 5. The topological polar surface area (TPSA) is 111 Å². The molecule has 8 nitrogen and oxygen atoms in total. The standard InChI is InChI=1S/C11H16N4O4/c12-10(16)6-13-11(17)9-5-8(19-14-9)7-15-1-3-18-4-2-15/h5H,1-4,6-7H2,(H2,12,16)(H,13,17). The van der Waals surface area contributed by atoms with Gasteiger partial charge in [-0.2, -0.15) is 0 Å². The van der Waals surface area contributed by atoms with E-state index in [0.29, 0.717) is 25.5 Å². The number of carbonyl (C=O) groups excluding carboxylic acids is 2. The number of hydrogen-bond donors (Lipinski definition) is 2. The lowest BCUT2D eigenvalue weighted by molar-refractivity contribution is -0.117. The molecule has 1 aromatic heterocycles. The van der Waals surface area contributed by atoms with Crippen LogP contribution in [-0.4, -0.2) is 54.7 Å². The first kappa shape index (κ1) is 13.5. The van der Waals surface area contributed by atoms with Crippen LogP contribution in [0, 0.1) is 0 Å². The van der Waals surface area contributed by atoms with E-state index >= 15 is 0 Å². The number of primary amides is 1. The minimum absolute atomic E-state index is 0.143. The molecule has 19 heavy (non-hydrogen) atoms. The van der Waals surface area contributed by atoms with E-state index in [4.69, 9.17) is 15.0 Å². The summed E-state index contributed by atoms with van der Waals surface area (Å²) >= 11 is 0. The molecule has 104 valence electrons. The maximum absolute atomic E-state index is 11.6. The zero-order chi connectivity index (χ0) is 13.7. The molecule has 1 saturated heterocycles. The summed E-state index contributed by atoms with van der Waals surface area (Å²) in [6.45, 7) is 3.40. The van der Waals surface area contributed by atoms with Crippen LogP contribution in [0.5, 0.6) is 0 Å². The van der Waals surface area contributed by atoms with Crippen LogP contribution >= 0.6 is 0 Å². The summed E-state index contributed by atoms with van der Waals surface area (Å²) in [5.41, 5.74) is 5.07. The summed E-state index contributed by atoms with van der Waals surface area (Å²) in [5.74, 6) is -0.479. The second kappa shape index (κ2) is 6.30. The first-order valence-corrected chi connectivity index (χ1v) is 5.97. The zero-order valence-electron chi connectivity index (χ0n) is 10.4. The molecular weight excluding hydrogens is 252 g/mol. The molecule has 2 heterocycles. The van der Waals surface area contributed by atoms with Crippen LogP contribution in [0.4, 0.5) is 0 Å². The van der Waals surface area contributed by atoms with E-state index in [2.05, 4.69) is 15.4 Å². The van der Waals surface area contributed by atoms with Crippen molar-refractivity contribution >= 4 is 11.8 Å². The number of aromatic nitrogens is 1. The van der Waals surface area contributed by atoms with Gasteiger partial charge in [0.15, 0.2) is 11.5 Å². The number of amides is 2. The fraction of sp³-hybridized carbons (Fsp3) is 0.545. The van der Waals surface area contributed by atoms with Crippen molar-refractivity contribution in [3.05, 3.63) is 17.5 Å². The molecule has 1 fully saturated rings. The molecule has 0 aliphatic carbocycles. The van der Waals surface area contributed by atoms with E-state index in [1.807, 2.05) is 0 Å². The monoisotopic (exact) mass is 268 g/mol. The highest BCUT2D eigenvalue weighted by atomic mass is 16.5. The molecule has 3 N–H and O–H groups in total. The van der Waals surface area contributed by atoms with Crippen LogP contribution in [0.15, 0.2) is 10.6 Å². The van der Waals surface area contributed by atoms with Crippen molar-refractivity contribution in [1.82, 2.24) is 15.4 Å². The van der Waals surface area contributed by atoms with Gasteiger partial charge >= 0.3 is 0 Å². The van der Waals surface area contributed by atoms with Gasteiger partial charge in [0.25, 0.3) is 5.91 Å². The van der Waals surface area contributed by atoms with Crippen LogP contribution in [0.2, 0.25) is 0 Å². The lowest BCUT2D eigenvalue weighted by atomic mass is 10.3. The first-order chi connectivity index (χ1) is 9.15. The Labute approximate surface area is 109 Å². The molecule has 1 aromatic rings. The van der Waals surface area contributed by atoms with Gasteiger partial charge in [-0.1, -0.05) is 5.16 Å². The van der Waals surface area contributed by atoms with Crippen LogP contribution in [-0.2, 0) is 16.1 Å². The minimum atomic E-state index is -0.606. The van der Waals surface area contributed by atoms with E-state index in [-0.39, 0.29) is 12.2 Å². The smallest absolute Gasteiger partial charge is 0.273 e. The van der Waals surface area contributed by atoms with Gasteiger partial charge < -0.3 is 20.3 Å². The second-order valence-corrected chi connectivity index (χ2v) is 4.22. The number of ether oxygens (including phenoxy) is 1. The number of nitrogens with two attached hydrogens (primary N) is 1. The van der Waals surface area contributed by atoms with Crippen molar-refractivity contribution in [1.29, 1.82) is 0 Å². The molecule has 0 atom stereocenters. The average molecular weight is 268 g/mol. The van der Waals surface area contributed by atoms with Gasteiger partial charge in [0.2, 0.25) is 5.91 Å². The van der Waals surface area contributed by atoms with Gasteiger partial charge in [-0.25, -0.2) is 0 Å². The number of nitrogens with zero attached hydrogens (tertiary/aromatic N) is 2. The van der Waals surface area contributed by atoms with Gasteiger partial charge in [0, 0.05) is 19.2 Å². The summed E-state index contributed by atoms with van der Waals surface area (Å²) < 4.78 is 10.3. The van der Waals surface area contributed by atoms with Crippen molar-refractivity contribution in [3.63, 3.8) is 0 Å². The predicted octanol–water partition coefficient (Wildman–Crippen LogP) is -1.28. The lowest BCUT2D eigenvalue weighted by Crippen LogP contribution is -2.35. The average Bonchev–Trinajstić information content (AvgIpc) is 2.85. The van der Waals surface area contributed by atoms with Gasteiger partial charge in [0.1, 0.15) is 0 Å². The summed E-state index contributed by atoms with van der Waals surface area (Å²) in [6.07, 6.45) is 0. The third-order valence-corrected chi connectivity index (χ3v) is 2.70. The summed E-state index contributed by atoms with van der Waals surface area (Å²) in [4.78, 5) is 24.3. The molecule has 0 radical (unpaired) electrons. The van der Waals surface area contributed by atoms with E-state index < -0.39 is 11.8 Å². The van der Waals surface area contributed by atoms with Crippen molar-refractivity contribution in [2.75, 3.05) is 32.8 Å². The zero-order valence-corrected chi connectivity index (χ0v) is 10.4. The van der Waals surface area contributed by atoms with Crippen molar-refractivity contribution in [3.8, 4) is 0 Å². The van der Waals surface area contributed by atoms with Crippen LogP contribution in [0.3, 0.4) is 0 Å². The Kier molecular flexibility index (Phi) is 4.48. The number of nitrogens with one attached hydrogen (secondary N) is 1. The Hall–Kier alpha value is -1.93. The van der Waals surface area contributed by atoms with E-state index in [0.717, 1.165) is 13.1 Å². The molecule has 2 amide bonds. The highest BCUT2D eigenvalue weighted by Crippen LogP contribution is 2.09. The largest absolute Gasteiger partial charge is 0.379 e. The molecule has 1 aliphatic heterocycles. The van der Waals surface area contributed by atoms with Crippen molar-refractivity contribution < 1.29 is 18.8 Å². The van der Waals surface area contributed by atoms with E-state index in [9.17, 15) is 9.59 Å². The molecule has 0 unspecified atom stereocenters. The first-order valence-electron chi connectivity index (χ1n) is 5.97. The number of hydrogen-bond acceptors (Lipinski definition) is 6. The normalized spacial score (nSPS) is 16.2. The van der Waals surface area contributed by atoms with Crippen molar-refractivity contribution in [2.24, 2.45) is 5.73 Å². The Bertz CT molecular complexity index is 453. The Morgan fingerprint density at radius 3 is 2.84 bits per heavy atom. The van der Waals surface area contributed by atoms with E-state index in [1.54, 1.807) is 6.07 Å². The summed E-state index contributed by atoms with van der Waals surface area (Å²) in [5, 5.41) is 6.01.